The van der Waals surface area contributed by atoms with Crippen molar-refractivity contribution in [1.82, 2.24) is 9.55 Å². The van der Waals surface area contributed by atoms with Gasteiger partial charge >= 0.3 is 228 Å². The third-order valence-corrected chi connectivity index (χ3v) is 14.7. The number of rotatable bonds is 6. The van der Waals surface area contributed by atoms with Crippen molar-refractivity contribution in [2.24, 2.45) is 0 Å². The molecule has 0 saturated carbocycles. The molecule has 0 unspecified atom stereocenters. The standard InChI is InChI=1S/C42H31N2Si.Bi/c1-31-26-27-43-40(28-31)32-14-12-20-36(29-32)45(34-16-4-2-5-17-34,35-18-6-3-7-19-35)37-21-13-15-33(30-37)44-41-24-10-8-22-38(41)39-23-9-11-25-42(39)44;/h2-26,28-30H,1H3;. The van der Waals surface area contributed by atoms with E-state index in [0.717, 1.165) is 39.4 Å². The maximum atomic E-state index is 5.01. The predicted octanol–water partition coefficient (Wildman–Crippen LogP) is 6.33. The zero-order valence-corrected chi connectivity index (χ0v) is 30.0. The number of nitrogens with zero attached hydrogens (tertiary/aromatic N) is 2. The fourth-order valence-corrected chi connectivity index (χ4v) is 13.2. The van der Waals surface area contributed by atoms with Crippen LogP contribution in [0.15, 0.2) is 170 Å². The molecule has 218 valence electrons. The van der Waals surface area contributed by atoms with Gasteiger partial charge in [-0.1, -0.05) is 36.4 Å². The van der Waals surface area contributed by atoms with Crippen LogP contribution < -0.4 is 24.1 Å². The second-order valence-electron chi connectivity index (χ2n) is 11.9. The molecule has 0 N–H and O–H groups in total. The van der Waals surface area contributed by atoms with E-state index in [1.165, 1.54) is 53.8 Å². The van der Waals surface area contributed by atoms with Gasteiger partial charge in [-0.3, -0.25) is 0 Å². The van der Waals surface area contributed by atoms with Crippen LogP contribution in [0.5, 0.6) is 0 Å². The van der Waals surface area contributed by atoms with Gasteiger partial charge in [-0.2, -0.15) is 0 Å². The summed E-state index contributed by atoms with van der Waals surface area (Å²) in [5, 5.41) is 7.95. The predicted molar refractivity (Wildman–Crippen MR) is 198 cm³/mol. The number of hydrogen-bond donors (Lipinski definition) is 0. The van der Waals surface area contributed by atoms with Crippen molar-refractivity contribution in [1.29, 1.82) is 0 Å². The van der Waals surface area contributed by atoms with Crippen molar-refractivity contribution in [3.63, 3.8) is 0 Å². The van der Waals surface area contributed by atoms with Crippen molar-refractivity contribution in [3.05, 3.63) is 175 Å². The molecule has 8 rings (SSSR count). The van der Waals surface area contributed by atoms with Crippen molar-refractivity contribution < 1.29 is 0 Å². The van der Waals surface area contributed by atoms with E-state index >= 15 is 0 Å². The second kappa shape index (κ2) is 11.9. The molecule has 46 heavy (non-hydrogen) atoms. The number of pyridine rings is 1. The number of para-hydroxylation sites is 2. The Balaban J connectivity index is 1.44. The van der Waals surface area contributed by atoms with E-state index < -0.39 is 8.07 Å². The molecule has 0 amide bonds. The fraction of sp³-hybridized carbons (Fsp3) is 0.0238. The number of aromatic nitrogens is 2. The van der Waals surface area contributed by atoms with Crippen LogP contribution in [0, 0.1) is 6.92 Å². The third-order valence-electron chi connectivity index (χ3n) is 9.08. The Hall–Kier alpha value is -4.63. The summed E-state index contributed by atoms with van der Waals surface area (Å²) < 4.78 is 3.58. The van der Waals surface area contributed by atoms with Gasteiger partial charge in [0.05, 0.1) is 0 Å². The quantitative estimate of drug-likeness (QED) is 0.142. The Kier molecular flexibility index (Phi) is 7.48. The van der Waals surface area contributed by atoms with E-state index in [2.05, 4.69) is 181 Å². The zero-order chi connectivity index (χ0) is 31.1. The molecule has 8 aromatic rings. The van der Waals surface area contributed by atoms with E-state index in [0.29, 0.717) is 0 Å². The van der Waals surface area contributed by atoms with Crippen molar-refractivity contribution >= 4 is 78.7 Å². The normalized spacial score (nSPS) is 11.7. The minimum atomic E-state index is -2.80. The molecule has 2 heterocycles. The maximum absolute atomic E-state index is 5.01. The molecule has 0 bridgehead atoms. The molecule has 2 nitrogen and oxygen atoms in total. The first-order chi connectivity index (χ1) is 22.6. The summed E-state index contributed by atoms with van der Waals surface area (Å²) >= 11 is 1.15. The molecule has 4 heteroatoms. The van der Waals surface area contributed by atoms with Gasteiger partial charge in [0.15, 0.2) is 0 Å². The molecular weight excluding hydrogens is 770 g/mol. The topological polar surface area (TPSA) is 17.8 Å². The number of fused-ring (bicyclic) bond motifs is 3. The Bertz CT molecular complexity index is 2230. The van der Waals surface area contributed by atoms with Crippen LogP contribution in [0.1, 0.15) is 5.56 Å². The number of hydrogen-bond acceptors (Lipinski definition) is 1. The molecule has 2 radical (unpaired) electrons. The summed E-state index contributed by atoms with van der Waals surface area (Å²) in [5.41, 5.74) is 7.07. The molecule has 6 aromatic carbocycles. The minimum absolute atomic E-state index is 1.04. The van der Waals surface area contributed by atoms with E-state index in [1.807, 2.05) is 0 Å². The monoisotopic (exact) mass is 800 g/mol. The summed E-state index contributed by atoms with van der Waals surface area (Å²) in [6.45, 7) is 2.17. The molecule has 0 aliphatic heterocycles. The molecular formula is C42H31BiN2Si. The van der Waals surface area contributed by atoms with Crippen LogP contribution in [-0.4, -0.2) is 42.3 Å². The number of aryl methyl sites for hydroxylation is 1. The van der Waals surface area contributed by atoms with Gasteiger partial charge in [0.25, 0.3) is 0 Å². The molecule has 0 fully saturated rings. The molecule has 0 atom stereocenters. The summed E-state index contributed by atoms with van der Waals surface area (Å²) in [5.74, 6) is 0. The zero-order valence-electron chi connectivity index (χ0n) is 25.5. The van der Waals surface area contributed by atoms with Gasteiger partial charge in [0, 0.05) is 10.8 Å². The molecule has 0 saturated heterocycles. The molecule has 0 aliphatic rings. The van der Waals surface area contributed by atoms with E-state index in [4.69, 9.17) is 4.98 Å². The average molecular weight is 801 g/mol. The second-order valence-corrected chi connectivity index (χ2v) is 17.5. The van der Waals surface area contributed by atoms with Crippen LogP contribution >= 0.6 is 0 Å². The van der Waals surface area contributed by atoms with Gasteiger partial charge in [0.2, 0.25) is 0 Å². The summed E-state index contributed by atoms with van der Waals surface area (Å²) in [7, 11) is -2.80. The van der Waals surface area contributed by atoms with Gasteiger partial charge < -0.3 is 0 Å². The Morgan fingerprint density at radius 3 is 1.63 bits per heavy atom. The first-order valence-corrected chi connectivity index (χ1v) is 19.4. The van der Waals surface area contributed by atoms with Crippen LogP contribution in [0.2, 0.25) is 0 Å². The summed E-state index contributed by atoms with van der Waals surface area (Å²) in [4.78, 5) is 5.01. The van der Waals surface area contributed by atoms with Crippen LogP contribution in [0.3, 0.4) is 0 Å². The van der Waals surface area contributed by atoms with Gasteiger partial charge in [-0.25, -0.2) is 0 Å². The third kappa shape index (κ3) is 4.85. The van der Waals surface area contributed by atoms with Crippen molar-refractivity contribution in [2.45, 2.75) is 6.92 Å². The van der Waals surface area contributed by atoms with E-state index in [-0.39, 0.29) is 0 Å². The first kappa shape index (κ1) is 28.8. The average Bonchev–Trinajstić information content (AvgIpc) is 3.44. The van der Waals surface area contributed by atoms with Crippen LogP contribution in [-0.2, 0) is 0 Å². The van der Waals surface area contributed by atoms with Crippen molar-refractivity contribution in [2.75, 3.05) is 0 Å². The van der Waals surface area contributed by atoms with Gasteiger partial charge in [-0.15, -0.1) is 0 Å². The molecule has 0 spiro atoms. The Labute approximate surface area is 285 Å². The Morgan fingerprint density at radius 1 is 0.500 bits per heavy atom. The number of benzene rings is 6. The first-order valence-electron chi connectivity index (χ1n) is 15.6. The molecule has 2 aromatic heterocycles. The SMILES string of the molecule is Cc1c[c]([Bi])nc(-c2cccc([Si](c3ccccc3)(c3ccccc3)c3cccc(-n4c5ccccc5c5ccccc54)c3)c2)c1. The summed E-state index contributed by atoms with van der Waals surface area (Å²) in [6, 6.07) is 62.8. The Morgan fingerprint density at radius 2 is 1.02 bits per heavy atom. The van der Waals surface area contributed by atoms with Crippen LogP contribution in [0.25, 0.3) is 38.8 Å². The van der Waals surface area contributed by atoms with E-state index in [1.54, 1.807) is 0 Å². The fourth-order valence-electron chi connectivity index (χ4n) is 7.16. The van der Waals surface area contributed by atoms with Crippen molar-refractivity contribution in [3.8, 4) is 16.9 Å². The van der Waals surface area contributed by atoms with E-state index in [9.17, 15) is 0 Å². The molecule has 0 aliphatic carbocycles. The van der Waals surface area contributed by atoms with Crippen LogP contribution in [0.4, 0.5) is 0 Å². The van der Waals surface area contributed by atoms with Gasteiger partial charge in [-0.05, 0) is 12.1 Å². The van der Waals surface area contributed by atoms with Gasteiger partial charge in [0.1, 0.15) is 0 Å². The summed E-state index contributed by atoms with van der Waals surface area (Å²) in [6.07, 6.45) is 0.